The normalized spacial score (nSPS) is 24.1. The highest BCUT2D eigenvalue weighted by molar-refractivity contribution is 5.59. The van der Waals surface area contributed by atoms with Crippen molar-refractivity contribution < 1.29 is 0 Å². The topological polar surface area (TPSA) is 9.72 Å². The van der Waals surface area contributed by atoms with Crippen molar-refractivity contribution in [3.63, 3.8) is 0 Å². The Balaban J connectivity index is 1.77. The highest BCUT2D eigenvalue weighted by Crippen LogP contribution is 2.26. The molecule has 0 saturated carbocycles. The lowest BCUT2D eigenvalue weighted by Crippen LogP contribution is -2.44. The molecule has 3 nitrogen and oxygen atoms in total. The molecule has 0 spiro atoms. The van der Waals surface area contributed by atoms with Gasteiger partial charge in [0.15, 0.2) is 0 Å². The van der Waals surface area contributed by atoms with Crippen LogP contribution >= 0.6 is 0 Å². The van der Waals surface area contributed by atoms with Crippen LogP contribution in [0.3, 0.4) is 0 Å². The maximum absolute atomic E-state index is 2.72. The average molecular weight is 273 g/mol. The van der Waals surface area contributed by atoms with E-state index in [2.05, 4.69) is 53.1 Å². The van der Waals surface area contributed by atoms with Crippen molar-refractivity contribution >= 4 is 11.4 Å². The van der Waals surface area contributed by atoms with Crippen LogP contribution < -0.4 is 9.80 Å². The standard InChI is InChI=1S/C17H27N3/c1-18(2)15-8-5-9-16(13-15)20-12-6-11-19-10-4-3-7-17(19)14-20/h5,8-9,13,17H,3-4,6-7,10-12,14H2,1-2H3. The minimum atomic E-state index is 0.772. The molecule has 1 unspecified atom stereocenters. The molecule has 3 rings (SSSR count). The smallest absolute Gasteiger partial charge is 0.0387 e. The SMILES string of the molecule is CN(C)c1cccc(N2CCCN3CCCCC3C2)c1. The summed E-state index contributed by atoms with van der Waals surface area (Å²) in [6.45, 7) is 5.01. The number of anilines is 2. The van der Waals surface area contributed by atoms with Gasteiger partial charge in [-0.2, -0.15) is 0 Å². The van der Waals surface area contributed by atoms with Crippen molar-refractivity contribution in [2.45, 2.75) is 31.7 Å². The third-order valence-corrected chi connectivity index (χ3v) is 4.76. The lowest BCUT2D eigenvalue weighted by atomic mass is 10.0. The summed E-state index contributed by atoms with van der Waals surface area (Å²) in [5.41, 5.74) is 2.69. The van der Waals surface area contributed by atoms with E-state index >= 15 is 0 Å². The predicted octanol–water partition coefficient (Wildman–Crippen LogP) is 2.82. The third kappa shape index (κ3) is 2.93. The summed E-state index contributed by atoms with van der Waals surface area (Å²) in [4.78, 5) is 7.51. The van der Waals surface area contributed by atoms with Crippen molar-refractivity contribution in [2.24, 2.45) is 0 Å². The van der Waals surface area contributed by atoms with Crippen LogP contribution in [0, 0.1) is 0 Å². The van der Waals surface area contributed by atoms with Crippen molar-refractivity contribution in [1.82, 2.24) is 4.90 Å². The molecule has 2 aliphatic heterocycles. The minimum absolute atomic E-state index is 0.772. The van der Waals surface area contributed by atoms with E-state index in [4.69, 9.17) is 0 Å². The van der Waals surface area contributed by atoms with Crippen LogP contribution in [0.1, 0.15) is 25.7 Å². The van der Waals surface area contributed by atoms with Crippen molar-refractivity contribution in [3.8, 4) is 0 Å². The number of rotatable bonds is 2. The van der Waals surface area contributed by atoms with Gasteiger partial charge in [-0.05, 0) is 44.0 Å². The maximum Gasteiger partial charge on any atom is 0.0387 e. The van der Waals surface area contributed by atoms with Crippen molar-refractivity contribution in [2.75, 3.05) is 50.1 Å². The van der Waals surface area contributed by atoms with Crippen LogP contribution in [0.25, 0.3) is 0 Å². The Morgan fingerprint density at radius 3 is 2.75 bits per heavy atom. The van der Waals surface area contributed by atoms with E-state index in [0.717, 1.165) is 6.04 Å². The third-order valence-electron chi connectivity index (χ3n) is 4.76. The van der Waals surface area contributed by atoms with Gasteiger partial charge in [0.2, 0.25) is 0 Å². The molecule has 110 valence electrons. The minimum Gasteiger partial charge on any atom is -0.378 e. The van der Waals surface area contributed by atoms with Gasteiger partial charge in [-0.25, -0.2) is 0 Å². The summed E-state index contributed by atoms with van der Waals surface area (Å²) in [7, 11) is 4.23. The average Bonchev–Trinajstić information content (AvgIpc) is 2.69. The molecule has 2 saturated heterocycles. The molecule has 0 radical (unpaired) electrons. The molecule has 0 N–H and O–H groups in total. The van der Waals surface area contributed by atoms with Gasteiger partial charge in [0.1, 0.15) is 0 Å². The summed E-state index contributed by atoms with van der Waals surface area (Å²) in [5, 5.41) is 0. The molecule has 0 aliphatic carbocycles. The Kier molecular flexibility index (Phi) is 4.16. The van der Waals surface area contributed by atoms with E-state index in [-0.39, 0.29) is 0 Å². The van der Waals surface area contributed by atoms with E-state index in [9.17, 15) is 0 Å². The molecular formula is C17H27N3. The fourth-order valence-electron chi connectivity index (χ4n) is 3.57. The fourth-order valence-corrected chi connectivity index (χ4v) is 3.57. The highest BCUT2D eigenvalue weighted by atomic mass is 15.2. The van der Waals surface area contributed by atoms with E-state index in [0.29, 0.717) is 0 Å². The zero-order valence-electron chi connectivity index (χ0n) is 12.9. The van der Waals surface area contributed by atoms with Gasteiger partial charge in [0.25, 0.3) is 0 Å². The fraction of sp³-hybridized carbons (Fsp3) is 0.647. The van der Waals surface area contributed by atoms with Crippen LogP contribution in [-0.2, 0) is 0 Å². The lowest BCUT2D eigenvalue weighted by molar-refractivity contribution is 0.162. The summed E-state index contributed by atoms with van der Waals surface area (Å²) in [6.07, 6.45) is 5.48. The first-order chi connectivity index (χ1) is 9.74. The molecule has 1 aromatic rings. The molecule has 20 heavy (non-hydrogen) atoms. The second-order valence-corrected chi connectivity index (χ2v) is 6.40. The lowest BCUT2D eigenvalue weighted by Gasteiger charge is -2.36. The van der Waals surface area contributed by atoms with Gasteiger partial charge < -0.3 is 9.80 Å². The summed E-state index contributed by atoms with van der Waals surface area (Å²) < 4.78 is 0. The van der Waals surface area contributed by atoms with E-state index in [1.54, 1.807) is 0 Å². The van der Waals surface area contributed by atoms with E-state index in [1.165, 1.54) is 63.2 Å². The van der Waals surface area contributed by atoms with Crippen LogP contribution in [0.15, 0.2) is 24.3 Å². The second kappa shape index (κ2) is 6.04. The highest BCUT2D eigenvalue weighted by Gasteiger charge is 2.27. The van der Waals surface area contributed by atoms with Crippen LogP contribution in [-0.4, -0.2) is 51.2 Å². The quantitative estimate of drug-likeness (QED) is 0.820. The van der Waals surface area contributed by atoms with Gasteiger partial charge >= 0.3 is 0 Å². The molecule has 0 aromatic heterocycles. The number of fused-ring (bicyclic) bond motifs is 1. The molecule has 1 aromatic carbocycles. The van der Waals surface area contributed by atoms with Crippen LogP contribution in [0.2, 0.25) is 0 Å². The van der Waals surface area contributed by atoms with Crippen molar-refractivity contribution in [3.05, 3.63) is 24.3 Å². The number of hydrogen-bond acceptors (Lipinski definition) is 3. The Morgan fingerprint density at radius 2 is 1.90 bits per heavy atom. The number of hydrogen-bond donors (Lipinski definition) is 0. The van der Waals surface area contributed by atoms with E-state index in [1.807, 2.05) is 0 Å². The number of piperidine rings is 1. The van der Waals surface area contributed by atoms with Gasteiger partial charge in [0.05, 0.1) is 0 Å². The molecule has 1 atom stereocenters. The molecule has 3 heteroatoms. The molecule has 0 amide bonds. The van der Waals surface area contributed by atoms with E-state index < -0.39 is 0 Å². The molecule has 2 fully saturated rings. The summed E-state index contributed by atoms with van der Waals surface area (Å²) >= 11 is 0. The zero-order chi connectivity index (χ0) is 13.9. The summed E-state index contributed by atoms with van der Waals surface area (Å²) in [5.74, 6) is 0. The van der Waals surface area contributed by atoms with Crippen LogP contribution in [0.4, 0.5) is 11.4 Å². The Morgan fingerprint density at radius 1 is 1.05 bits per heavy atom. The predicted molar refractivity (Wildman–Crippen MR) is 86.8 cm³/mol. The van der Waals surface area contributed by atoms with Gasteiger partial charge in [0, 0.05) is 51.1 Å². The van der Waals surface area contributed by atoms with Gasteiger partial charge in [-0.15, -0.1) is 0 Å². The monoisotopic (exact) mass is 273 g/mol. The first kappa shape index (κ1) is 13.7. The van der Waals surface area contributed by atoms with Gasteiger partial charge in [-0.1, -0.05) is 12.5 Å². The molecule has 0 bridgehead atoms. The molecule has 2 heterocycles. The summed E-state index contributed by atoms with van der Waals surface area (Å²) in [6, 6.07) is 9.75. The zero-order valence-corrected chi connectivity index (χ0v) is 12.9. The maximum atomic E-state index is 2.72. The molecular weight excluding hydrogens is 246 g/mol. The Bertz CT molecular complexity index is 444. The van der Waals surface area contributed by atoms with Crippen LogP contribution in [0.5, 0.6) is 0 Å². The number of benzene rings is 1. The van der Waals surface area contributed by atoms with Crippen molar-refractivity contribution in [1.29, 1.82) is 0 Å². The Hall–Kier alpha value is -1.22. The first-order valence-corrected chi connectivity index (χ1v) is 8.00. The largest absolute Gasteiger partial charge is 0.378 e. The Labute approximate surface area is 123 Å². The second-order valence-electron chi connectivity index (χ2n) is 6.40. The number of nitrogens with zero attached hydrogens (tertiary/aromatic N) is 3. The molecule has 2 aliphatic rings. The first-order valence-electron chi connectivity index (χ1n) is 8.00. The van der Waals surface area contributed by atoms with Gasteiger partial charge in [-0.3, -0.25) is 4.90 Å².